The lowest BCUT2D eigenvalue weighted by atomic mass is 10.1. The van der Waals surface area contributed by atoms with Gasteiger partial charge < -0.3 is 15.5 Å². The van der Waals surface area contributed by atoms with Crippen molar-refractivity contribution in [2.75, 3.05) is 25.0 Å². The van der Waals surface area contributed by atoms with E-state index in [4.69, 9.17) is 0 Å². The van der Waals surface area contributed by atoms with Crippen LogP contribution in [0.4, 0.5) is 5.00 Å². The Morgan fingerprint density at radius 3 is 2.69 bits per heavy atom. The van der Waals surface area contributed by atoms with E-state index in [0.29, 0.717) is 12.6 Å². The molecule has 1 aliphatic rings. The van der Waals surface area contributed by atoms with Gasteiger partial charge in [-0.25, -0.2) is 0 Å². The number of anilines is 1. The largest absolute Gasteiger partial charge is 0.363 e. The SMILES string of the molecule is CN=C(NCc1cnn(Cc2ccccc2)c1)NC1CCN(c2cccs2)CC1. The van der Waals surface area contributed by atoms with E-state index in [9.17, 15) is 0 Å². The van der Waals surface area contributed by atoms with Gasteiger partial charge in [0, 0.05) is 44.5 Å². The summed E-state index contributed by atoms with van der Waals surface area (Å²) in [6.45, 7) is 3.67. The molecule has 29 heavy (non-hydrogen) atoms. The van der Waals surface area contributed by atoms with Crippen LogP contribution in [-0.4, -0.2) is 41.9 Å². The lowest BCUT2D eigenvalue weighted by Crippen LogP contribution is -2.48. The second-order valence-electron chi connectivity index (χ2n) is 7.31. The van der Waals surface area contributed by atoms with Crippen LogP contribution >= 0.6 is 11.3 Å². The molecule has 3 heterocycles. The predicted molar refractivity (Wildman–Crippen MR) is 121 cm³/mol. The van der Waals surface area contributed by atoms with Crippen molar-refractivity contribution in [1.29, 1.82) is 0 Å². The smallest absolute Gasteiger partial charge is 0.191 e. The molecule has 1 aromatic carbocycles. The van der Waals surface area contributed by atoms with Crippen LogP contribution in [0.5, 0.6) is 0 Å². The molecule has 0 amide bonds. The Kier molecular flexibility index (Phi) is 6.46. The van der Waals surface area contributed by atoms with Gasteiger partial charge in [0.2, 0.25) is 0 Å². The van der Waals surface area contributed by atoms with Crippen molar-refractivity contribution in [2.24, 2.45) is 4.99 Å². The molecule has 1 fully saturated rings. The van der Waals surface area contributed by atoms with Gasteiger partial charge in [-0.2, -0.15) is 5.10 Å². The van der Waals surface area contributed by atoms with Crippen LogP contribution in [0.3, 0.4) is 0 Å². The van der Waals surface area contributed by atoms with Crippen LogP contribution in [0.1, 0.15) is 24.0 Å². The van der Waals surface area contributed by atoms with Gasteiger partial charge in [-0.05, 0) is 35.9 Å². The average molecular weight is 409 g/mol. The molecule has 2 aromatic heterocycles. The van der Waals surface area contributed by atoms with E-state index in [2.05, 4.69) is 73.6 Å². The minimum atomic E-state index is 0.457. The van der Waals surface area contributed by atoms with Gasteiger partial charge in [-0.1, -0.05) is 30.3 Å². The molecule has 0 spiro atoms. The number of thiophene rings is 1. The molecule has 7 heteroatoms. The average Bonchev–Trinajstić information content (AvgIpc) is 3.45. The summed E-state index contributed by atoms with van der Waals surface area (Å²) < 4.78 is 1.98. The molecule has 6 nitrogen and oxygen atoms in total. The van der Waals surface area contributed by atoms with Crippen molar-refractivity contribution in [2.45, 2.75) is 32.0 Å². The Bertz CT molecular complexity index is 895. The van der Waals surface area contributed by atoms with Crippen molar-refractivity contribution < 1.29 is 0 Å². The fourth-order valence-corrected chi connectivity index (χ4v) is 4.41. The van der Waals surface area contributed by atoms with E-state index in [1.165, 1.54) is 10.6 Å². The third kappa shape index (κ3) is 5.38. The summed E-state index contributed by atoms with van der Waals surface area (Å²) >= 11 is 1.82. The maximum Gasteiger partial charge on any atom is 0.191 e. The molecule has 3 aromatic rings. The van der Waals surface area contributed by atoms with Crippen LogP contribution in [0.2, 0.25) is 0 Å². The summed E-state index contributed by atoms with van der Waals surface area (Å²) in [7, 11) is 1.83. The summed E-state index contributed by atoms with van der Waals surface area (Å²) in [6, 6.07) is 15.2. The first kappa shape index (κ1) is 19.5. The van der Waals surface area contributed by atoms with Crippen molar-refractivity contribution in [1.82, 2.24) is 20.4 Å². The summed E-state index contributed by atoms with van der Waals surface area (Å²) in [5.74, 6) is 0.857. The lowest BCUT2D eigenvalue weighted by molar-refractivity contribution is 0.463. The fraction of sp³-hybridized carbons (Fsp3) is 0.364. The normalized spacial score (nSPS) is 15.5. The number of hydrogen-bond acceptors (Lipinski definition) is 4. The first-order valence-electron chi connectivity index (χ1n) is 10.1. The van der Waals surface area contributed by atoms with Crippen LogP contribution in [0.25, 0.3) is 0 Å². The number of rotatable bonds is 6. The van der Waals surface area contributed by atoms with E-state index >= 15 is 0 Å². The van der Waals surface area contributed by atoms with Gasteiger partial charge in [0.15, 0.2) is 5.96 Å². The molecule has 1 aliphatic heterocycles. The molecule has 0 aliphatic carbocycles. The molecule has 0 unspecified atom stereocenters. The third-order valence-electron chi connectivity index (χ3n) is 5.21. The Balaban J connectivity index is 1.23. The molecule has 0 atom stereocenters. The Morgan fingerprint density at radius 1 is 1.14 bits per heavy atom. The number of aromatic nitrogens is 2. The molecular formula is C22H28N6S. The lowest BCUT2D eigenvalue weighted by Gasteiger charge is -2.33. The Labute approximate surface area is 176 Å². The molecular weight excluding hydrogens is 380 g/mol. The predicted octanol–water partition coefficient (Wildman–Crippen LogP) is 3.33. The van der Waals surface area contributed by atoms with Crippen molar-refractivity contribution >= 4 is 22.3 Å². The maximum absolute atomic E-state index is 4.48. The van der Waals surface area contributed by atoms with Gasteiger partial charge in [0.25, 0.3) is 0 Å². The second-order valence-corrected chi connectivity index (χ2v) is 8.24. The zero-order valence-electron chi connectivity index (χ0n) is 16.8. The zero-order chi connectivity index (χ0) is 19.9. The summed E-state index contributed by atoms with van der Waals surface area (Å²) in [5, 5.41) is 15.0. The summed E-state index contributed by atoms with van der Waals surface area (Å²) in [6.07, 6.45) is 6.25. The third-order valence-corrected chi connectivity index (χ3v) is 6.14. The number of guanidine groups is 1. The van der Waals surface area contributed by atoms with Crippen LogP contribution in [-0.2, 0) is 13.1 Å². The topological polar surface area (TPSA) is 57.5 Å². The highest BCUT2D eigenvalue weighted by Crippen LogP contribution is 2.24. The van der Waals surface area contributed by atoms with Crippen LogP contribution < -0.4 is 15.5 Å². The number of nitrogens with one attached hydrogen (secondary N) is 2. The highest BCUT2D eigenvalue weighted by atomic mass is 32.1. The van der Waals surface area contributed by atoms with E-state index in [-0.39, 0.29) is 0 Å². The molecule has 0 saturated carbocycles. The van der Waals surface area contributed by atoms with Gasteiger partial charge in [-0.3, -0.25) is 9.67 Å². The molecule has 0 radical (unpaired) electrons. The number of piperidine rings is 1. The van der Waals surface area contributed by atoms with E-state index in [1.54, 1.807) is 0 Å². The Hall–Kier alpha value is -2.80. The molecule has 1 saturated heterocycles. The van der Waals surface area contributed by atoms with Crippen LogP contribution in [0.15, 0.2) is 65.2 Å². The van der Waals surface area contributed by atoms with E-state index < -0.39 is 0 Å². The van der Waals surface area contributed by atoms with Crippen molar-refractivity contribution in [3.05, 3.63) is 71.4 Å². The maximum atomic E-state index is 4.48. The Morgan fingerprint density at radius 2 is 1.97 bits per heavy atom. The highest BCUT2D eigenvalue weighted by molar-refractivity contribution is 7.14. The van der Waals surface area contributed by atoms with Gasteiger partial charge in [0.05, 0.1) is 17.7 Å². The number of hydrogen-bond donors (Lipinski definition) is 2. The quantitative estimate of drug-likeness (QED) is 0.485. The zero-order valence-corrected chi connectivity index (χ0v) is 17.6. The minimum absolute atomic E-state index is 0.457. The number of aliphatic imine (C=N–C) groups is 1. The van der Waals surface area contributed by atoms with Gasteiger partial charge in [-0.15, -0.1) is 11.3 Å². The minimum Gasteiger partial charge on any atom is -0.363 e. The van der Waals surface area contributed by atoms with E-state index in [1.807, 2.05) is 35.3 Å². The highest BCUT2D eigenvalue weighted by Gasteiger charge is 2.20. The standard InChI is InChI=1S/C22H28N6S/c1-23-22(26-20-9-11-27(12-10-20)21-8-5-13-29-21)24-14-19-15-25-28(17-19)16-18-6-3-2-4-7-18/h2-8,13,15,17,20H,9-12,14,16H2,1H3,(H2,23,24,26). The molecule has 0 bridgehead atoms. The van der Waals surface area contributed by atoms with Gasteiger partial charge >= 0.3 is 0 Å². The molecule has 4 rings (SSSR count). The number of nitrogens with zero attached hydrogens (tertiary/aromatic N) is 4. The van der Waals surface area contributed by atoms with Gasteiger partial charge in [0.1, 0.15) is 0 Å². The van der Waals surface area contributed by atoms with Crippen molar-refractivity contribution in [3.8, 4) is 0 Å². The summed E-state index contributed by atoms with van der Waals surface area (Å²) in [4.78, 5) is 6.87. The molecule has 152 valence electrons. The first-order chi connectivity index (χ1) is 14.3. The van der Waals surface area contributed by atoms with E-state index in [0.717, 1.165) is 44.0 Å². The second kappa shape index (κ2) is 9.60. The monoisotopic (exact) mass is 408 g/mol. The van der Waals surface area contributed by atoms with Crippen LogP contribution in [0, 0.1) is 0 Å². The van der Waals surface area contributed by atoms with Crippen molar-refractivity contribution in [3.63, 3.8) is 0 Å². The fourth-order valence-electron chi connectivity index (χ4n) is 3.62. The summed E-state index contributed by atoms with van der Waals surface area (Å²) in [5.41, 5.74) is 2.40. The number of benzene rings is 1. The first-order valence-corrected chi connectivity index (χ1v) is 11.0. The molecule has 2 N–H and O–H groups in total.